The molecule has 2 atom stereocenters. The van der Waals surface area contributed by atoms with E-state index in [9.17, 15) is 18.4 Å². The van der Waals surface area contributed by atoms with Crippen molar-refractivity contribution in [3.63, 3.8) is 0 Å². The summed E-state index contributed by atoms with van der Waals surface area (Å²) in [6.07, 6.45) is 5.49. The molecule has 2 aromatic carbocycles. The predicted octanol–water partition coefficient (Wildman–Crippen LogP) is 6.20. The average molecular weight is 623 g/mol. The van der Waals surface area contributed by atoms with Crippen molar-refractivity contribution in [2.24, 2.45) is 5.92 Å². The van der Waals surface area contributed by atoms with Crippen LogP contribution in [0.2, 0.25) is 5.15 Å². The van der Waals surface area contributed by atoms with Crippen LogP contribution in [0.1, 0.15) is 49.9 Å². The molecule has 0 radical (unpaired) electrons. The number of alkyl halides is 2. The molecule has 0 unspecified atom stereocenters. The van der Waals surface area contributed by atoms with Gasteiger partial charge in [-0.2, -0.15) is 13.9 Å². The number of carbonyl (C=O) groups is 1. The number of hydrogen-bond donors (Lipinski definition) is 1. The van der Waals surface area contributed by atoms with E-state index in [1.807, 2.05) is 0 Å². The second kappa shape index (κ2) is 11.7. The van der Waals surface area contributed by atoms with Crippen molar-refractivity contribution in [1.29, 1.82) is 0 Å². The van der Waals surface area contributed by atoms with E-state index in [1.165, 1.54) is 34.0 Å². The largest absolute Gasteiger partial charge is 0.333 e. The minimum Gasteiger partial charge on any atom is -0.323 e. The fourth-order valence-electron chi connectivity index (χ4n) is 5.50. The summed E-state index contributed by atoms with van der Waals surface area (Å²) in [4.78, 5) is 31.1. The lowest BCUT2D eigenvalue weighted by Gasteiger charge is -2.23. The number of anilines is 1. The molecule has 0 fully saturated rings. The van der Waals surface area contributed by atoms with Gasteiger partial charge in [0.25, 0.3) is 5.56 Å². The van der Waals surface area contributed by atoms with Crippen LogP contribution in [0.15, 0.2) is 66.0 Å². The molecule has 0 aliphatic carbocycles. The number of fused-ring (bicyclic) bond motifs is 4. The summed E-state index contributed by atoms with van der Waals surface area (Å²) in [7, 11) is 0. The molecule has 1 aliphatic heterocycles. The monoisotopic (exact) mass is 622 g/mol. The maximum absolute atomic E-state index is 15.5. The van der Waals surface area contributed by atoms with Crippen molar-refractivity contribution < 1.29 is 18.0 Å². The van der Waals surface area contributed by atoms with Gasteiger partial charge in [-0.15, -0.1) is 5.10 Å². The van der Waals surface area contributed by atoms with Gasteiger partial charge in [-0.3, -0.25) is 14.2 Å². The van der Waals surface area contributed by atoms with Gasteiger partial charge in [0.15, 0.2) is 5.15 Å². The van der Waals surface area contributed by atoms with Crippen molar-refractivity contribution in [2.45, 2.75) is 45.7 Å². The van der Waals surface area contributed by atoms with Gasteiger partial charge in [0.05, 0.1) is 53.1 Å². The Labute approximate surface area is 254 Å². The zero-order valence-electron chi connectivity index (χ0n) is 23.6. The Bertz CT molecular complexity index is 1940. The first-order chi connectivity index (χ1) is 21.1. The fourth-order valence-corrected chi connectivity index (χ4v) is 5.63. The number of halogens is 4. The topological polar surface area (TPSA) is 113 Å². The second-order valence-electron chi connectivity index (χ2n) is 10.7. The van der Waals surface area contributed by atoms with Crippen molar-refractivity contribution in [1.82, 2.24) is 34.3 Å². The van der Waals surface area contributed by atoms with Gasteiger partial charge in [0.2, 0.25) is 5.91 Å². The van der Waals surface area contributed by atoms with E-state index in [4.69, 9.17) is 11.6 Å². The van der Waals surface area contributed by atoms with Gasteiger partial charge >= 0.3 is 6.55 Å². The Morgan fingerprint density at radius 2 is 1.93 bits per heavy atom. The lowest BCUT2D eigenvalue weighted by Crippen LogP contribution is -2.26. The third-order valence-electron chi connectivity index (χ3n) is 7.80. The standard InChI is InChI=1S/C30H26ClF3N8O2/c1-16-9-10-23(41-14-24(31)38-39-41)26(27(16)32)20-12-25(43)40(15-35-20)22-8-3-5-17(2)29(44)37-21-13-36-42(30(33)34)28(21)19-7-4-6-18(22)11-19/h4,6-7,9-15,17,22,30H,3,5,8H2,1-2H3,(H,37,44)/t17-,22+/m1/s1. The van der Waals surface area contributed by atoms with Gasteiger partial charge in [-0.05, 0) is 43.0 Å². The Morgan fingerprint density at radius 1 is 1.11 bits per heavy atom. The molecule has 2 bridgehead atoms. The molecule has 1 N–H and O–H groups in total. The van der Waals surface area contributed by atoms with E-state index >= 15 is 4.39 Å². The van der Waals surface area contributed by atoms with E-state index < -0.39 is 29.9 Å². The van der Waals surface area contributed by atoms with Crippen molar-refractivity contribution in [3.8, 4) is 28.2 Å². The lowest BCUT2D eigenvalue weighted by molar-refractivity contribution is -0.119. The van der Waals surface area contributed by atoms with E-state index in [-0.39, 0.29) is 33.7 Å². The summed E-state index contributed by atoms with van der Waals surface area (Å²) in [5.41, 5.74) is 1.63. The number of rotatable bonds is 4. The first-order valence-corrected chi connectivity index (χ1v) is 14.2. The second-order valence-corrected chi connectivity index (χ2v) is 11.1. The molecule has 5 aromatic rings. The molecular formula is C30H26ClF3N8O2. The molecule has 3 aromatic heterocycles. The van der Waals surface area contributed by atoms with E-state index in [2.05, 4.69) is 25.7 Å². The highest BCUT2D eigenvalue weighted by molar-refractivity contribution is 6.29. The number of benzene rings is 2. The van der Waals surface area contributed by atoms with E-state index in [1.54, 1.807) is 50.2 Å². The first kappa shape index (κ1) is 29.3. The van der Waals surface area contributed by atoms with Gasteiger partial charge < -0.3 is 5.32 Å². The summed E-state index contributed by atoms with van der Waals surface area (Å²) in [5, 5.41) is 14.4. The highest BCUT2D eigenvalue weighted by atomic mass is 35.5. The quantitative estimate of drug-likeness (QED) is 0.255. The molecule has 0 spiro atoms. The van der Waals surface area contributed by atoms with Crippen LogP contribution in [0.3, 0.4) is 0 Å². The third-order valence-corrected chi connectivity index (χ3v) is 7.97. The summed E-state index contributed by atoms with van der Waals surface area (Å²) in [6, 6.07) is 10.8. The number of aromatic nitrogens is 7. The molecule has 0 saturated carbocycles. The molecule has 226 valence electrons. The van der Waals surface area contributed by atoms with Crippen LogP contribution in [0, 0.1) is 18.7 Å². The zero-order valence-corrected chi connectivity index (χ0v) is 24.3. The molecular weight excluding hydrogens is 597 g/mol. The molecule has 6 rings (SSSR count). The third kappa shape index (κ3) is 5.39. The summed E-state index contributed by atoms with van der Waals surface area (Å²) < 4.78 is 46.7. The van der Waals surface area contributed by atoms with Crippen LogP contribution in [0.4, 0.5) is 18.9 Å². The maximum Gasteiger partial charge on any atom is 0.333 e. The number of carbonyl (C=O) groups excluding carboxylic acids is 1. The zero-order chi connectivity index (χ0) is 31.1. The van der Waals surface area contributed by atoms with Gasteiger partial charge in [-0.25, -0.2) is 18.7 Å². The van der Waals surface area contributed by atoms with Crippen molar-refractivity contribution in [2.75, 3.05) is 5.32 Å². The number of nitrogens with zero attached hydrogens (tertiary/aromatic N) is 7. The van der Waals surface area contributed by atoms with Crippen LogP contribution in [0.5, 0.6) is 0 Å². The maximum atomic E-state index is 15.5. The summed E-state index contributed by atoms with van der Waals surface area (Å²) >= 11 is 5.95. The Hall–Kier alpha value is -4.78. The van der Waals surface area contributed by atoms with Gasteiger partial charge in [0.1, 0.15) is 5.82 Å². The van der Waals surface area contributed by atoms with Crippen LogP contribution in [0.25, 0.3) is 28.2 Å². The molecule has 1 amide bonds. The van der Waals surface area contributed by atoms with E-state index in [0.29, 0.717) is 46.3 Å². The van der Waals surface area contributed by atoms with Crippen LogP contribution in [-0.2, 0) is 4.79 Å². The minimum absolute atomic E-state index is 0.0539. The molecule has 0 saturated heterocycles. The smallest absolute Gasteiger partial charge is 0.323 e. The highest BCUT2D eigenvalue weighted by Gasteiger charge is 2.26. The van der Waals surface area contributed by atoms with Crippen LogP contribution < -0.4 is 10.9 Å². The molecule has 14 heteroatoms. The fraction of sp³-hybridized carbons (Fsp3) is 0.267. The molecule has 44 heavy (non-hydrogen) atoms. The van der Waals surface area contributed by atoms with E-state index in [0.717, 1.165) is 0 Å². The number of amides is 1. The Balaban J connectivity index is 1.47. The minimum atomic E-state index is -2.94. The average Bonchev–Trinajstić information content (AvgIpc) is 3.62. The first-order valence-electron chi connectivity index (χ1n) is 13.8. The SMILES string of the molecule is Cc1ccc(-n2cc(Cl)nn2)c(-c2cc(=O)n([C@H]3CCC[C@@H](C)C(=O)Nc4cnn(C(F)F)c4-c4cccc3c4)cn2)c1F. The van der Waals surface area contributed by atoms with Crippen LogP contribution in [-0.4, -0.2) is 40.2 Å². The molecule has 10 nitrogen and oxygen atoms in total. The molecule has 1 aliphatic rings. The number of nitrogens with one attached hydrogen (secondary N) is 1. The Morgan fingerprint density at radius 3 is 2.66 bits per heavy atom. The molecule has 4 heterocycles. The predicted molar refractivity (Wildman–Crippen MR) is 157 cm³/mol. The van der Waals surface area contributed by atoms with Crippen molar-refractivity contribution >= 4 is 23.2 Å². The number of hydrogen-bond acceptors (Lipinski definition) is 6. The lowest BCUT2D eigenvalue weighted by atomic mass is 9.94. The summed E-state index contributed by atoms with van der Waals surface area (Å²) in [5.74, 6) is -1.32. The number of aryl methyl sites for hydroxylation is 1. The summed E-state index contributed by atoms with van der Waals surface area (Å²) in [6.45, 7) is 0.411. The normalized spacial score (nSPS) is 17.1. The van der Waals surface area contributed by atoms with Crippen LogP contribution >= 0.6 is 11.6 Å². The van der Waals surface area contributed by atoms with Gasteiger partial charge in [-0.1, -0.05) is 54.4 Å². The Kier molecular flexibility index (Phi) is 7.80. The van der Waals surface area contributed by atoms with Gasteiger partial charge in [0, 0.05) is 17.5 Å². The highest BCUT2D eigenvalue weighted by Crippen LogP contribution is 2.36. The van der Waals surface area contributed by atoms with Crippen molar-refractivity contribution in [3.05, 3.63) is 93.6 Å².